The van der Waals surface area contributed by atoms with Crippen LogP contribution in [-0.4, -0.2) is 0 Å². The molecule has 0 radical (unpaired) electrons. The molecule has 0 heterocycles. The first kappa shape index (κ1) is 11.4. The van der Waals surface area contributed by atoms with Crippen molar-refractivity contribution in [3.63, 3.8) is 0 Å². The van der Waals surface area contributed by atoms with Gasteiger partial charge in [0.25, 0.3) is 0 Å². The molecule has 0 aliphatic carbocycles. The zero-order valence-corrected chi connectivity index (χ0v) is 14.3. The summed E-state index contributed by atoms with van der Waals surface area (Å²) in [5, 5.41) is 0. The van der Waals surface area contributed by atoms with Gasteiger partial charge < -0.3 is 0 Å². The van der Waals surface area contributed by atoms with Crippen LogP contribution in [0.2, 0.25) is 0 Å². The molecule has 0 spiro atoms. The summed E-state index contributed by atoms with van der Waals surface area (Å²) in [5.41, 5.74) is 0.900. The Morgan fingerprint density at radius 1 is 0.875 bits per heavy atom. The second-order valence-corrected chi connectivity index (χ2v) is 9.39. The summed E-state index contributed by atoms with van der Waals surface area (Å²) in [5.74, 6) is 2.89. The van der Waals surface area contributed by atoms with E-state index < -0.39 is 24.6 Å². The van der Waals surface area contributed by atoms with Gasteiger partial charge in [0.1, 0.15) is 0 Å². The molecule has 0 nitrogen and oxygen atoms in total. The molecule has 0 aliphatic rings. The third-order valence-corrected chi connectivity index (χ3v) is 7.01. The summed E-state index contributed by atoms with van der Waals surface area (Å²) >= 11 is -1.26. The summed E-state index contributed by atoms with van der Waals surface area (Å²) < 4.78 is 17.3. The van der Waals surface area contributed by atoms with Crippen molar-refractivity contribution in [3.8, 4) is 9.35 Å². The van der Waals surface area contributed by atoms with Gasteiger partial charge in [-0.05, 0) is 0 Å². The van der Waals surface area contributed by atoms with E-state index >= 15 is 0 Å². The maximum atomic E-state index is 12.6. The average Bonchev–Trinajstić information content (AvgIpc) is 2.33. The number of benzene rings is 2. The molecule has 0 unspecified atom stereocenters. The van der Waals surface area contributed by atoms with E-state index in [9.17, 15) is 4.39 Å². The van der Waals surface area contributed by atoms with Gasteiger partial charge >= 0.3 is 107 Å². The van der Waals surface area contributed by atoms with E-state index in [0.29, 0.717) is 0 Å². The van der Waals surface area contributed by atoms with Crippen LogP contribution in [0.1, 0.15) is 5.56 Å². The molecule has 16 heavy (non-hydrogen) atoms. The van der Waals surface area contributed by atoms with Gasteiger partial charge in [-0.3, -0.25) is 0 Å². The molecule has 74 valence electrons. The second kappa shape index (κ2) is 5.82. The van der Waals surface area contributed by atoms with Crippen molar-refractivity contribution in [3.05, 3.63) is 66.0 Å². The summed E-state index contributed by atoms with van der Waals surface area (Å²) in [6.07, 6.45) is 0. The Balaban J connectivity index is 2.03. The van der Waals surface area contributed by atoms with Crippen molar-refractivity contribution in [2.75, 3.05) is 0 Å². The molecule has 0 N–H and O–H groups in total. The Kier molecular flexibility index (Phi) is 4.13. The molecular formula is C14H9FHg. The van der Waals surface area contributed by atoms with Crippen LogP contribution in [0.25, 0.3) is 0 Å². The van der Waals surface area contributed by atoms with E-state index in [4.69, 9.17) is 0 Å². The van der Waals surface area contributed by atoms with Gasteiger partial charge in [0.2, 0.25) is 0 Å². The molecule has 2 heteroatoms. The SMILES string of the molecule is Fc1ccc(C#[C][Hg][c]2ccccc2)cc1. The van der Waals surface area contributed by atoms with Crippen molar-refractivity contribution in [2.45, 2.75) is 0 Å². The van der Waals surface area contributed by atoms with Crippen LogP contribution in [-0.2, 0) is 24.6 Å². The van der Waals surface area contributed by atoms with Gasteiger partial charge in [-0.2, -0.15) is 0 Å². The normalized spacial score (nSPS) is 8.81. The predicted octanol–water partition coefficient (Wildman–Crippen LogP) is 2.54. The predicted molar refractivity (Wildman–Crippen MR) is 59.4 cm³/mol. The monoisotopic (exact) mass is 398 g/mol. The van der Waals surface area contributed by atoms with Crippen molar-refractivity contribution in [1.29, 1.82) is 0 Å². The Bertz CT molecular complexity index is 506. The molecule has 0 atom stereocenters. The summed E-state index contributed by atoms with van der Waals surface area (Å²) in [4.78, 5) is 0. The van der Waals surface area contributed by atoms with Gasteiger partial charge in [-0.1, -0.05) is 0 Å². The maximum absolute atomic E-state index is 12.6. The van der Waals surface area contributed by atoms with Crippen LogP contribution in [0.3, 0.4) is 0 Å². The number of hydrogen-bond acceptors (Lipinski definition) is 0. The third kappa shape index (κ3) is 3.46. The molecule has 0 aliphatic heterocycles. The molecule has 0 saturated heterocycles. The fraction of sp³-hybridized carbons (Fsp3) is 0. The number of halogens is 1. The van der Waals surface area contributed by atoms with Gasteiger partial charge in [-0.15, -0.1) is 0 Å². The number of hydrogen-bond donors (Lipinski definition) is 0. The van der Waals surface area contributed by atoms with Crippen LogP contribution in [0, 0.1) is 15.2 Å². The van der Waals surface area contributed by atoms with E-state index in [-0.39, 0.29) is 5.82 Å². The van der Waals surface area contributed by atoms with E-state index in [1.807, 2.05) is 6.07 Å². The fourth-order valence-corrected chi connectivity index (χ4v) is 5.28. The molecule has 0 bridgehead atoms. The molecule has 0 aromatic heterocycles. The van der Waals surface area contributed by atoms with E-state index in [1.165, 1.54) is 15.2 Å². The summed E-state index contributed by atoms with van der Waals surface area (Å²) in [7, 11) is 0. The first-order valence-corrected chi connectivity index (χ1v) is 10.6. The first-order valence-electron chi connectivity index (χ1n) is 5.13. The van der Waals surface area contributed by atoms with Crippen molar-refractivity contribution in [2.24, 2.45) is 0 Å². The molecule has 2 rings (SSSR count). The fourth-order valence-electron chi connectivity index (χ4n) is 1.38. The van der Waals surface area contributed by atoms with Crippen LogP contribution >= 0.6 is 0 Å². The van der Waals surface area contributed by atoms with E-state index in [1.54, 1.807) is 12.1 Å². The summed E-state index contributed by atoms with van der Waals surface area (Å²) in [6, 6.07) is 16.7. The third-order valence-electron chi connectivity index (χ3n) is 2.21. The topological polar surface area (TPSA) is 0 Å². The van der Waals surface area contributed by atoms with Crippen molar-refractivity contribution in [1.82, 2.24) is 0 Å². The Morgan fingerprint density at radius 2 is 1.56 bits per heavy atom. The standard InChI is InChI=1S/C8H4F.C6H5.Hg/c1-2-7-3-5-8(9)6-4-7;1-2-4-6-5-3-1;/h3-6H;1-5H;. The molecule has 2 aromatic carbocycles. The molecule has 0 amide bonds. The Labute approximate surface area is 107 Å². The van der Waals surface area contributed by atoms with Crippen LogP contribution in [0.4, 0.5) is 4.39 Å². The molecule has 2 aromatic rings. The van der Waals surface area contributed by atoms with Crippen LogP contribution < -0.4 is 3.07 Å². The van der Waals surface area contributed by atoms with Gasteiger partial charge in [0.15, 0.2) is 0 Å². The first-order chi connectivity index (χ1) is 7.84. The van der Waals surface area contributed by atoms with E-state index in [2.05, 4.69) is 33.6 Å². The van der Waals surface area contributed by atoms with Gasteiger partial charge in [0, 0.05) is 0 Å². The minimum absolute atomic E-state index is 0.210. The Hall–Kier alpha value is -1.13. The second-order valence-electron chi connectivity index (χ2n) is 3.47. The van der Waals surface area contributed by atoms with E-state index in [0.717, 1.165) is 5.56 Å². The molecule has 0 saturated carbocycles. The average molecular weight is 397 g/mol. The minimum atomic E-state index is -1.26. The van der Waals surface area contributed by atoms with Crippen molar-refractivity contribution >= 4 is 3.07 Å². The Morgan fingerprint density at radius 3 is 2.25 bits per heavy atom. The zero-order valence-electron chi connectivity index (χ0n) is 8.78. The van der Waals surface area contributed by atoms with Crippen molar-refractivity contribution < 1.29 is 29.0 Å². The zero-order chi connectivity index (χ0) is 11.2. The van der Waals surface area contributed by atoms with Crippen LogP contribution in [0.15, 0.2) is 54.6 Å². The van der Waals surface area contributed by atoms with Gasteiger partial charge in [0.05, 0.1) is 0 Å². The van der Waals surface area contributed by atoms with Crippen LogP contribution in [0.5, 0.6) is 0 Å². The number of rotatable bonds is 1. The van der Waals surface area contributed by atoms with Gasteiger partial charge in [-0.25, -0.2) is 0 Å². The molecular weight excluding hydrogens is 388 g/mol. The quantitative estimate of drug-likeness (QED) is 0.513. The summed E-state index contributed by atoms with van der Waals surface area (Å²) in [6.45, 7) is 0. The molecule has 0 fully saturated rings.